The van der Waals surface area contributed by atoms with E-state index in [1.165, 1.54) is 0 Å². The van der Waals surface area contributed by atoms with Crippen molar-refractivity contribution >= 4 is 65.0 Å². The van der Waals surface area contributed by atoms with Gasteiger partial charge >= 0.3 is 0 Å². The molecular weight excluding hydrogens is 496 g/mol. The maximum Gasteiger partial charge on any atom is 0.136 e. The second-order valence-electron chi connectivity index (χ2n) is 10.3. The minimum Gasteiger partial charge on any atom is -0.456 e. The van der Waals surface area contributed by atoms with Gasteiger partial charge in [-0.25, -0.2) is 0 Å². The van der Waals surface area contributed by atoms with E-state index in [4.69, 9.17) is 9.90 Å². The van der Waals surface area contributed by atoms with Crippen molar-refractivity contribution in [2.24, 2.45) is 0 Å². The highest BCUT2D eigenvalue weighted by atomic mass is 16.3. The van der Waals surface area contributed by atoms with Gasteiger partial charge in [-0.05, 0) is 89.6 Å². The molecule has 1 heterocycles. The first-order valence-electron chi connectivity index (χ1n) is 17.4. The van der Waals surface area contributed by atoms with Crippen molar-refractivity contribution in [1.82, 2.24) is 0 Å². The molecule has 0 bridgehead atoms. The van der Waals surface area contributed by atoms with Crippen molar-refractivity contribution < 1.29 is 15.4 Å². The summed E-state index contributed by atoms with van der Waals surface area (Å²) in [7, 11) is 0. The third-order valence-electron chi connectivity index (χ3n) is 8.05. The first kappa shape index (κ1) is 16.0. The molecule has 41 heavy (non-hydrogen) atoms. The average Bonchev–Trinajstić information content (AvgIpc) is 3.49. The first-order valence-corrected chi connectivity index (χ1v) is 13.4. The van der Waals surface area contributed by atoms with Gasteiger partial charge in [0.05, 0.1) is 11.0 Å². The van der Waals surface area contributed by atoms with E-state index >= 15 is 0 Å². The predicted octanol–water partition coefficient (Wildman–Crippen LogP) is 11.5. The van der Waals surface area contributed by atoms with Crippen molar-refractivity contribution in [2.75, 3.05) is 0 Å². The zero-order valence-electron chi connectivity index (χ0n) is 29.6. The minimum absolute atomic E-state index is 0.175. The molecule has 1 heteroatoms. The van der Waals surface area contributed by atoms with E-state index in [1.54, 1.807) is 6.07 Å². The fourth-order valence-corrected chi connectivity index (χ4v) is 6.25. The lowest BCUT2D eigenvalue weighted by Gasteiger charge is -2.18. The number of rotatable bonds is 2. The van der Waals surface area contributed by atoms with Gasteiger partial charge in [-0.3, -0.25) is 0 Å². The van der Waals surface area contributed by atoms with Crippen LogP contribution < -0.4 is 0 Å². The molecule has 9 rings (SSSR count). The summed E-state index contributed by atoms with van der Waals surface area (Å²) in [6.07, 6.45) is 0. The summed E-state index contributed by atoms with van der Waals surface area (Å²) >= 11 is 0. The maximum absolute atomic E-state index is 9.34. The fraction of sp³-hybridized carbons (Fsp3) is 0. The van der Waals surface area contributed by atoms with E-state index < -0.39 is 24.2 Å². The van der Waals surface area contributed by atoms with Crippen molar-refractivity contribution in [3.05, 3.63) is 145 Å². The topological polar surface area (TPSA) is 13.1 Å². The summed E-state index contributed by atoms with van der Waals surface area (Å²) in [6, 6.07) is 27.9. The lowest BCUT2D eigenvalue weighted by atomic mass is 9.84. The lowest BCUT2D eigenvalue weighted by molar-refractivity contribution is 0.669. The Morgan fingerprint density at radius 2 is 1.02 bits per heavy atom. The van der Waals surface area contributed by atoms with Crippen LogP contribution in [0.3, 0.4) is 0 Å². The van der Waals surface area contributed by atoms with Gasteiger partial charge in [0.1, 0.15) is 11.2 Å². The fourth-order valence-electron chi connectivity index (χ4n) is 6.25. The van der Waals surface area contributed by atoms with Gasteiger partial charge in [-0.1, -0.05) is 121 Å². The lowest BCUT2D eigenvalue weighted by Crippen LogP contribution is -1.91. The van der Waals surface area contributed by atoms with Crippen molar-refractivity contribution in [1.29, 1.82) is 0 Å². The van der Waals surface area contributed by atoms with Crippen molar-refractivity contribution in [3.8, 4) is 22.3 Å². The van der Waals surface area contributed by atoms with Crippen LogP contribution >= 0.6 is 0 Å². The summed E-state index contributed by atoms with van der Waals surface area (Å²) in [5, 5.41) is 6.01. The predicted molar refractivity (Wildman–Crippen MR) is 175 cm³/mol. The molecule has 1 nitrogen and oxygen atoms in total. The number of hydrogen-bond acceptors (Lipinski definition) is 1. The van der Waals surface area contributed by atoms with E-state index in [9.17, 15) is 5.48 Å². The van der Waals surface area contributed by atoms with Gasteiger partial charge in [0.15, 0.2) is 0 Å². The summed E-state index contributed by atoms with van der Waals surface area (Å²) in [6.45, 7) is 0. The van der Waals surface area contributed by atoms with Gasteiger partial charge in [0.2, 0.25) is 0 Å². The summed E-state index contributed by atoms with van der Waals surface area (Å²) < 4.78 is 78.7. The largest absolute Gasteiger partial charge is 0.456 e. The normalized spacial score (nSPS) is 14.6. The Morgan fingerprint density at radius 1 is 0.439 bits per heavy atom. The zero-order chi connectivity index (χ0) is 33.9. The van der Waals surface area contributed by atoms with Crippen molar-refractivity contribution in [3.63, 3.8) is 0 Å². The van der Waals surface area contributed by atoms with Gasteiger partial charge in [-0.15, -0.1) is 0 Å². The van der Waals surface area contributed by atoms with Crippen molar-refractivity contribution in [2.45, 2.75) is 0 Å². The molecule has 0 amide bonds. The molecule has 1 aromatic heterocycles. The molecule has 9 aromatic rings. The van der Waals surface area contributed by atoms with Gasteiger partial charge in [0.25, 0.3) is 0 Å². The zero-order valence-corrected chi connectivity index (χ0v) is 21.6. The third-order valence-corrected chi connectivity index (χ3v) is 8.05. The molecule has 0 aliphatic heterocycles. The molecule has 0 fully saturated rings. The number of fused-ring (bicyclic) bond motifs is 7. The van der Waals surface area contributed by atoms with Crippen LogP contribution in [-0.2, 0) is 0 Å². The van der Waals surface area contributed by atoms with Crippen LogP contribution in [0.15, 0.2) is 150 Å². The van der Waals surface area contributed by atoms with Crippen LogP contribution in [0, 0.1) is 0 Å². The Hall–Kier alpha value is -5.40. The quantitative estimate of drug-likeness (QED) is 0.203. The summed E-state index contributed by atoms with van der Waals surface area (Å²) in [5.41, 5.74) is 2.93. The second-order valence-corrected chi connectivity index (χ2v) is 10.3. The molecule has 0 aliphatic carbocycles. The SMILES string of the molecule is [2H]c1c([2H])c([2H])c2c(-c3cccc4oc5cc6ccccc6cc5c34)c3c([2H])c([2H])c([2H])c([2H])c3c(-c3ccc4ccccc4c3)c2c1[2H]. The van der Waals surface area contributed by atoms with E-state index in [2.05, 4.69) is 0 Å². The van der Waals surface area contributed by atoms with Gasteiger partial charge in [-0.2, -0.15) is 0 Å². The first-order chi connectivity index (χ1) is 23.7. The van der Waals surface area contributed by atoms with Crippen LogP contribution in [0.5, 0.6) is 0 Å². The highest BCUT2D eigenvalue weighted by Crippen LogP contribution is 2.47. The van der Waals surface area contributed by atoms with E-state index in [0.717, 1.165) is 26.9 Å². The number of hydrogen-bond donors (Lipinski definition) is 0. The molecule has 0 saturated heterocycles. The smallest absolute Gasteiger partial charge is 0.136 e. The monoisotopic (exact) mass is 528 g/mol. The summed E-state index contributed by atoms with van der Waals surface area (Å²) in [5.74, 6) is 0. The molecule has 190 valence electrons. The molecule has 0 atom stereocenters. The minimum atomic E-state index is -0.432. The third kappa shape index (κ3) is 3.30. The molecular formula is C40H24O. The number of furan rings is 1. The average molecular weight is 529 g/mol. The maximum atomic E-state index is 9.34. The van der Waals surface area contributed by atoms with Crippen LogP contribution in [0.2, 0.25) is 0 Å². The Morgan fingerprint density at radius 3 is 1.71 bits per heavy atom. The molecule has 0 aliphatic rings. The van der Waals surface area contributed by atoms with Gasteiger partial charge in [0, 0.05) is 10.8 Å². The number of benzene rings is 8. The van der Waals surface area contributed by atoms with E-state index in [1.807, 2.05) is 91.0 Å². The highest BCUT2D eigenvalue weighted by Gasteiger charge is 2.20. The molecule has 0 radical (unpaired) electrons. The second kappa shape index (κ2) is 8.55. The molecule has 0 unspecified atom stereocenters. The Kier molecular flexibility index (Phi) is 3.34. The Balaban J connectivity index is 1.58. The molecule has 0 saturated carbocycles. The molecule has 0 spiro atoms. The van der Waals surface area contributed by atoms with Gasteiger partial charge < -0.3 is 4.42 Å². The van der Waals surface area contributed by atoms with E-state index in [-0.39, 0.29) is 45.7 Å². The molecule has 0 N–H and O–H groups in total. The molecule has 8 aromatic carbocycles. The van der Waals surface area contributed by atoms with Crippen LogP contribution in [0.1, 0.15) is 11.0 Å². The Labute approximate surface area is 248 Å². The standard InChI is InChI=1S/C40H24O/c1-2-11-26-22-29(21-20-25(26)10-1)38-30-14-5-7-16-32(30)39(33-17-8-6-15-31(33)38)34-18-9-19-36-40(34)35-23-27-12-3-4-13-28(27)24-37(35)41-36/h1-24H/i5D,6D,7D,8D,14D,15D,16D,17D. The van der Waals surface area contributed by atoms with Crippen LogP contribution in [-0.4, -0.2) is 0 Å². The summed E-state index contributed by atoms with van der Waals surface area (Å²) in [4.78, 5) is 0. The highest BCUT2D eigenvalue weighted by molar-refractivity contribution is 6.26. The van der Waals surface area contributed by atoms with E-state index in [0.29, 0.717) is 38.8 Å². The van der Waals surface area contributed by atoms with Crippen LogP contribution in [0.4, 0.5) is 0 Å². The Bertz CT molecular complexity index is 2850. The van der Waals surface area contributed by atoms with Crippen LogP contribution in [0.25, 0.3) is 87.3 Å².